The third-order valence-electron chi connectivity index (χ3n) is 7.37. The van der Waals surface area contributed by atoms with Crippen molar-refractivity contribution >= 4 is 27.5 Å². The molecule has 0 spiro atoms. The van der Waals surface area contributed by atoms with Gasteiger partial charge in [0.25, 0.3) is 10.0 Å². The summed E-state index contributed by atoms with van der Waals surface area (Å²) in [6.07, 6.45) is 0.718. The zero-order chi connectivity index (χ0) is 32.4. The molecular weight excluding hydrogens is 590 g/mol. The molecule has 4 aromatic carbocycles. The Bertz CT molecular complexity index is 1660. The lowest BCUT2D eigenvalue weighted by atomic mass is 10.1. The Morgan fingerprint density at radius 3 is 2.02 bits per heavy atom. The van der Waals surface area contributed by atoms with Crippen LogP contribution >= 0.6 is 0 Å². The normalized spacial score (nSPS) is 12.4. The summed E-state index contributed by atoms with van der Waals surface area (Å²) >= 11 is 0. The van der Waals surface area contributed by atoms with E-state index in [2.05, 4.69) is 5.32 Å². The second-order valence-corrected chi connectivity index (χ2v) is 12.5. The summed E-state index contributed by atoms with van der Waals surface area (Å²) in [4.78, 5) is 28.8. The van der Waals surface area contributed by atoms with Crippen LogP contribution in [0.2, 0.25) is 0 Å². The van der Waals surface area contributed by atoms with E-state index in [-0.39, 0.29) is 29.1 Å². The first-order chi connectivity index (χ1) is 21.6. The van der Waals surface area contributed by atoms with Crippen molar-refractivity contribution in [1.82, 2.24) is 10.2 Å². The summed E-state index contributed by atoms with van der Waals surface area (Å²) in [5.41, 5.74) is 0.997. The Kier molecular flexibility index (Phi) is 11.2. The van der Waals surface area contributed by atoms with Gasteiger partial charge in [-0.3, -0.25) is 13.9 Å². The number of methoxy groups -OCH3 is 1. The molecule has 0 fully saturated rings. The Hall–Kier alpha value is -4.83. The molecule has 0 aliphatic rings. The maximum Gasteiger partial charge on any atom is 0.264 e. The summed E-state index contributed by atoms with van der Waals surface area (Å²) in [7, 11) is -2.63. The molecule has 0 aliphatic heterocycles. The number of rotatable bonds is 14. The van der Waals surface area contributed by atoms with E-state index in [4.69, 9.17) is 9.47 Å². The summed E-state index contributed by atoms with van der Waals surface area (Å²) in [5.74, 6) is 0.854. The molecule has 2 amide bonds. The largest absolute Gasteiger partial charge is 0.497 e. The molecule has 236 valence electrons. The lowest BCUT2D eigenvalue weighted by Gasteiger charge is -2.32. The first-order valence-electron chi connectivity index (χ1n) is 14.8. The van der Waals surface area contributed by atoms with Crippen LogP contribution in [0.4, 0.5) is 5.69 Å². The fourth-order valence-electron chi connectivity index (χ4n) is 4.57. The molecule has 4 aromatic rings. The first kappa shape index (κ1) is 33.1. The van der Waals surface area contributed by atoms with Gasteiger partial charge in [0.2, 0.25) is 11.8 Å². The van der Waals surface area contributed by atoms with Crippen LogP contribution in [0.25, 0.3) is 0 Å². The lowest BCUT2D eigenvalue weighted by molar-refractivity contribution is -0.139. The number of nitrogens with one attached hydrogen (secondary N) is 1. The zero-order valence-electron chi connectivity index (χ0n) is 25.9. The highest BCUT2D eigenvalue weighted by Gasteiger charge is 2.32. The van der Waals surface area contributed by atoms with Gasteiger partial charge < -0.3 is 19.7 Å². The van der Waals surface area contributed by atoms with Crippen molar-refractivity contribution in [3.05, 3.63) is 115 Å². The van der Waals surface area contributed by atoms with Crippen LogP contribution in [0.3, 0.4) is 0 Å². The number of sulfonamides is 1. The van der Waals surface area contributed by atoms with E-state index in [0.29, 0.717) is 17.2 Å². The minimum Gasteiger partial charge on any atom is -0.497 e. The molecule has 0 bridgehead atoms. The average Bonchev–Trinajstić information content (AvgIpc) is 3.07. The van der Waals surface area contributed by atoms with Crippen LogP contribution in [-0.4, -0.2) is 50.9 Å². The van der Waals surface area contributed by atoms with Crippen molar-refractivity contribution < 1.29 is 27.5 Å². The van der Waals surface area contributed by atoms with E-state index < -0.39 is 28.5 Å². The van der Waals surface area contributed by atoms with Crippen molar-refractivity contribution in [3.63, 3.8) is 0 Å². The minimum atomic E-state index is -4.18. The standard InChI is InChI=1S/C35H39N3O6S/c1-5-26(2)36-35(40)27(3)37(24-28-13-12-16-32(23-28)43-4)34(39)25-38(45(41,42)33-17-10-7-11-18-33)29-19-21-31(22-20-29)44-30-14-8-6-9-15-30/h6-23,26-27H,5,24-25H2,1-4H3,(H,36,40)/t26-,27+/m1/s1. The van der Waals surface area contributed by atoms with E-state index >= 15 is 0 Å². The molecule has 0 aliphatic carbocycles. The maximum atomic E-state index is 14.2. The van der Waals surface area contributed by atoms with Gasteiger partial charge in [-0.1, -0.05) is 55.5 Å². The van der Waals surface area contributed by atoms with Gasteiger partial charge in [-0.05, 0) is 86.5 Å². The van der Waals surface area contributed by atoms with Crippen LogP contribution in [0, 0.1) is 0 Å². The number of hydrogen-bond acceptors (Lipinski definition) is 6. The van der Waals surface area contributed by atoms with Gasteiger partial charge in [-0.15, -0.1) is 0 Å². The van der Waals surface area contributed by atoms with Gasteiger partial charge in [-0.2, -0.15) is 0 Å². The monoisotopic (exact) mass is 629 g/mol. The molecule has 10 heteroatoms. The van der Waals surface area contributed by atoms with Gasteiger partial charge in [0.1, 0.15) is 29.8 Å². The highest BCUT2D eigenvalue weighted by Crippen LogP contribution is 2.28. The highest BCUT2D eigenvalue weighted by molar-refractivity contribution is 7.92. The second-order valence-electron chi connectivity index (χ2n) is 10.6. The van der Waals surface area contributed by atoms with Gasteiger partial charge >= 0.3 is 0 Å². The number of hydrogen-bond donors (Lipinski definition) is 1. The molecule has 0 heterocycles. The van der Waals surface area contributed by atoms with E-state index in [9.17, 15) is 18.0 Å². The number of benzene rings is 4. The quantitative estimate of drug-likeness (QED) is 0.183. The number of para-hydroxylation sites is 1. The Morgan fingerprint density at radius 2 is 1.40 bits per heavy atom. The summed E-state index contributed by atoms with van der Waals surface area (Å²) in [6.45, 7) is 5.01. The van der Waals surface area contributed by atoms with Crippen LogP contribution in [0.15, 0.2) is 114 Å². The molecule has 2 atom stereocenters. The Morgan fingerprint density at radius 1 is 0.800 bits per heavy atom. The second kappa shape index (κ2) is 15.3. The number of ether oxygens (including phenoxy) is 2. The van der Waals surface area contributed by atoms with E-state index in [1.165, 1.54) is 17.0 Å². The fraction of sp³-hybridized carbons (Fsp3) is 0.257. The number of anilines is 1. The van der Waals surface area contributed by atoms with E-state index in [1.807, 2.05) is 50.2 Å². The van der Waals surface area contributed by atoms with Gasteiger partial charge in [0.05, 0.1) is 17.7 Å². The van der Waals surface area contributed by atoms with Crippen LogP contribution in [-0.2, 0) is 26.2 Å². The third-order valence-corrected chi connectivity index (χ3v) is 9.16. The molecule has 0 aromatic heterocycles. The van der Waals surface area contributed by atoms with Crippen LogP contribution in [0.1, 0.15) is 32.8 Å². The fourth-order valence-corrected chi connectivity index (χ4v) is 6.00. The van der Waals surface area contributed by atoms with Gasteiger partial charge in [0.15, 0.2) is 0 Å². The van der Waals surface area contributed by atoms with Crippen molar-refractivity contribution in [1.29, 1.82) is 0 Å². The molecule has 0 radical (unpaired) electrons. The number of nitrogens with zero attached hydrogens (tertiary/aromatic N) is 2. The van der Waals surface area contributed by atoms with Crippen molar-refractivity contribution in [2.45, 2.75) is 50.7 Å². The van der Waals surface area contributed by atoms with Crippen molar-refractivity contribution in [2.24, 2.45) is 0 Å². The molecule has 0 saturated carbocycles. The van der Waals surface area contributed by atoms with Crippen molar-refractivity contribution in [3.8, 4) is 17.2 Å². The molecular formula is C35H39N3O6S. The van der Waals surface area contributed by atoms with E-state index in [1.54, 1.807) is 74.7 Å². The molecule has 9 nitrogen and oxygen atoms in total. The van der Waals surface area contributed by atoms with Gasteiger partial charge in [-0.25, -0.2) is 8.42 Å². The number of carbonyl (C=O) groups excluding carboxylic acids is 2. The summed E-state index contributed by atoms with van der Waals surface area (Å²) in [5, 5.41) is 2.94. The SMILES string of the molecule is CC[C@@H](C)NC(=O)[C@H](C)N(Cc1cccc(OC)c1)C(=O)CN(c1ccc(Oc2ccccc2)cc1)S(=O)(=O)c1ccccc1. The number of amides is 2. The van der Waals surface area contributed by atoms with E-state index in [0.717, 1.165) is 16.3 Å². The Balaban J connectivity index is 1.69. The summed E-state index contributed by atoms with van der Waals surface area (Å²) < 4.78 is 40.4. The van der Waals surface area contributed by atoms with Crippen molar-refractivity contribution in [2.75, 3.05) is 18.0 Å². The predicted molar refractivity (Wildman–Crippen MR) is 175 cm³/mol. The highest BCUT2D eigenvalue weighted by atomic mass is 32.2. The third kappa shape index (κ3) is 8.63. The molecule has 0 unspecified atom stereocenters. The average molecular weight is 630 g/mol. The lowest BCUT2D eigenvalue weighted by Crippen LogP contribution is -2.52. The van der Waals surface area contributed by atoms with Crippen LogP contribution < -0.4 is 19.1 Å². The summed E-state index contributed by atoms with van der Waals surface area (Å²) in [6, 6.07) is 29.8. The topological polar surface area (TPSA) is 105 Å². The zero-order valence-corrected chi connectivity index (χ0v) is 26.7. The number of carbonyl (C=O) groups is 2. The molecule has 4 rings (SSSR count). The molecule has 45 heavy (non-hydrogen) atoms. The minimum absolute atomic E-state index is 0.0318. The smallest absolute Gasteiger partial charge is 0.264 e. The molecule has 0 saturated heterocycles. The molecule has 1 N–H and O–H groups in total. The predicted octanol–water partition coefficient (Wildman–Crippen LogP) is 6.01. The maximum absolute atomic E-state index is 14.2. The van der Waals surface area contributed by atoms with Crippen LogP contribution in [0.5, 0.6) is 17.2 Å². The van der Waals surface area contributed by atoms with Gasteiger partial charge in [0, 0.05) is 12.6 Å². The first-order valence-corrected chi connectivity index (χ1v) is 16.2. The Labute approximate surface area is 265 Å².